The number of carbonyl (C=O) groups excluding carboxylic acids is 1. The van der Waals surface area contributed by atoms with E-state index < -0.39 is 0 Å². The zero-order chi connectivity index (χ0) is 15.2. The van der Waals surface area contributed by atoms with Gasteiger partial charge in [-0.2, -0.15) is 5.10 Å². The fraction of sp³-hybridized carbons (Fsp3) is 0.556. The Morgan fingerprint density at radius 1 is 1.14 bits per heavy atom. The van der Waals surface area contributed by atoms with Crippen LogP contribution >= 0.6 is 0 Å². The maximum Gasteiger partial charge on any atom is 0.142 e. The summed E-state index contributed by atoms with van der Waals surface area (Å²) in [5, 5.41) is 5.77. The van der Waals surface area contributed by atoms with E-state index in [2.05, 4.69) is 38.0 Å². The van der Waals surface area contributed by atoms with Crippen LogP contribution < -0.4 is 0 Å². The van der Waals surface area contributed by atoms with E-state index in [0.29, 0.717) is 12.2 Å². The topological polar surface area (TPSA) is 34.9 Å². The zero-order valence-corrected chi connectivity index (χ0v) is 13.4. The minimum atomic E-state index is 0.200. The van der Waals surface area contributed by atoms with Crippen LogP contribution in [0, 0.1) is 5.92 Å². The molecule has 0 aliphatic carbocycles. The highest BCUT2D eigenvalue weighted by molar-refractivity contribution is 5.89. The Morgan fingerprint density at radius 2 is 1.81 bits per heavy atom. The summed E-state index contributed by atoms with van der Waals surface area (Å²) in [5.41, 5.74) is 2.07. The highest BCUT2D eigenvalue weighted by Crippen LogP contribution is 2.22. The molecule has 0 N–H and O–H groups in total. The Labute approximate surface area is 127 Å². The predicted molar refractivity (Wildman–Crippen MR) is 87.4 cm³/mol. The smallest absolute Gasteiger partial charge is 0.142 e. The third kappa shape index (κ3) is 3.52. The Hall–Kier alpha value is -1.64. The monoisotopic (exact) mass is 286 g/mol. The van der Waals surface area contributed by atoms with Gasteiger partial charge in [0, 0.05) is 17.8 Å². The number of fused-ring (bicyclic) bond motifs is 1. The van der Waals surface area contributed by atoms with Crippen LogP contribution in [0.2, 0.25) is 0 Å². The second-order valence-corrected chi connectivity index (χ2v) is 5.70. The van der Waals surface area contributed by atoms with Crippen LogP contribution in [0.5, 0.6) is 0 Å². The molecule has 0 atom stereocenters. The number of aryl methyl sites for hydroxylation is 1. The van der Waals surface area contributed by atoms with Crippen LogP contribution in [0.4, 0.5) is 0 Å². The average Bonchev–Trinajstić information content (AvgIpc) is 2.85. The van der Waals surface area contributed by atoms with E-state index >= 15 is 0 Å². The summed E-state index contributed by atoms with van der Waals surface area (Å²) in [4.78, 5) is 12.6. The Kier molecular flexibility index (Phi) is 5.54. The van der Waals surface area contributed by atoms with Crippen molar-refractivity contribution in [1.82, 2.24) is 9.78 Å². The van der Waals surface area contributed by atoms with Crippen molar-refractivity contribution in [3.63, 3.8) is 0 Å². The van der Waals surface area contributed by atoms with Crippen LogP contribution in [0.1, 0.15) is 52.1 Å². The fourth-order valence-corrected chi connectivity index (χ4v) is 3.04. The standard InChI is InChI=1S/C18H26N2O/c1-4-9-14(10-5-2)18(21)13-16-15-11-7-8-12-17(15)20(6-3)19-16/h7-8,11-12,14H,4-6,9-10,13H2,1-3H3. The van der Waals surface area contributed by atoms with Gasteiger partial charge >= 0.3 is 0 Å². The molecule has 3 heteroatoms. The van der Waals surface area contributed by atoms with E-state index in [4.69, 9.17) is 0 Å². The summed E-state index contributed by atoms with van der Waals surface area (Å²) >= 11 is 0. The number of Topliss-reactive ketones (excluding diaryl/α,β-unsaturated/α-hetero) is 1. The first-order chi connectivity index (χ1) is 10.2. The van der Waals surface area contributed by atoms with E-state index in [1.54, 1.807) is 0 Å². The molecule has 0 bridgehead atoms. The molecule has 2 rings (SSSR count). The van der Waals surface area contributed by atoms with Gasteiger partial charge in [0.1, 0.15) is 5.78 Å². The van der Waals surface area contributed by atoms with E-state index in [0.717, 1.165) is 48.8 Å². The predicted octanol–water partition coefficient (Wildman–Crippen LogP) is 4.38. The number of rotatable bonds is 8. The maximum atomic E-state index is 12.6. The Balaban J connectivity index is 2.24. The van der Waals surface area contributed by atoms with Gasteiger partial charge in [0.05, 0.1) is 17.6 Å². The maximum absolute atomic E-state index is 12.6. The number of nitrogens with zero attached hydrogens (tertiary/aromatic N) is 2. The highest BCUT2D eigenvalue weighted by atomic mass is 16.1. The average molecular weight is 286 g/mol. The highest BCUT2D eigenvalue weighted by Gasteiger charge is 2.20. The van der Waals surface area contributed by atoms with Gasteiger partial charge in [-0.1, -0.05) is 44.9 Å². The third-order valence-corrected chi connectivity index (χ3v) is 4.11. The second-order valence-electron chi connectivity index (χ2n) is 5.70. The van der Waals surface area contributed by atoms with Crippen molar-refractivity contribution in [1.29, 1.82) is 0 Å². The zero-order valence-electron chi connectivity index (χ0n) is 13.4. The Bertz CT molecular complexity index is 594. The fourth-order valence-electron chi connectivity index (χ4n) is 3.04. The molecule has 2 aromatic rings. The lowest BCUT2D eigenvalue weighted by Gasteiger charge is -2.13. The molecule has 0 aliphatic heterocycles. The number of hydrogen-bond acceptors (Lipinski definition) is 2. The van der Waals surface area contributed by atoms with Crippen molar-refractivity contribution in [2.75, 3.05) is 0 Å². The van der Waals surface area contributed by atoms with Crippen molar-refractivity contribution in [2.24, 2.45) is 5.92 Å². The molecule has 0 saturated heterocycles. The number of para-hydroxylation sites is 1. The minimum absolute atomic E-state index is 0.200. The first-order valence-electron chi connectivity index (χ1n) is 8.18. The molecular weight excluding hydrogens is 260 g/mol. The summed E-state index contributed by atoms with van der Waals surface area (Å²) in [5.74, 6) is 0.552. The summed E-state index contributed by atoms with van der Waals surface area (Å²) in [7, 11) is 0. The summed E-state index contributed by atoms with van der Waals surface area (Å²) in [6.07, 6.45) is 4.61. The van der Waals surface area contributed by atoms with Gasteiger partial charge < -0.3 is 0 Å². The SMILES string of the molecule is CCCC(CCC)C(=O)Cc1nn(CC)c2ccccc12. The third-order valence-electron chi connectivity index (χ3n) is 4.11. The van der Waals surface area contributed by atoms with E-state index in [9.17, 15) is 4.79 Å². The summed E-state index contributed by atoms with van der Waals surface area (Å²) in [6, 6.07) is 8.20. The molecule has 0 radical (unpaired) electrons. The molecule has 0 amide bonds. The summed E-state index contributed by atoms with van der Waals surface area (Å²) < 4.78 is 1.99. The molecule has 21 heavy (non-hydrogen) atoms. The Morgan fingerprint density at radius 3 is 2.43 bits per heavy atom. The lowest BCUT2D eigenvalue weighted by Crippen LogP contribution is -2.17. The molecule has 0 saturated carbocycles. The van der Waals surface area contributed by atoms with E-state index in [-0.39, 0.29) is 5.92 Å². The molecule has 0 unspecified atom stereocenters. The number of benzene rings is 1. The van der Waals surface area contributed by atoms with Gasteiger partial charge in [0.2, 0.25) is 0 Å². The normalized spacial score (nSPS) is 11.4. The van der Waals surface area contributed by atoms with Crippen molar-refractivity contribution in [3.8, 4) is 0 Å². The molecule has 0 spiro atoms. The molecule has 1 heterocycles. The lowest BCUT2D eigenvalue weighted by molar-refractivity contribution is -0.122. The van der Waals surface area contributed by atoms with Crippen LogP contribution in [-0.4, -0.2) is 15.6 Å². The van der Waals surface area contributed by atoms with Crippen LogP contribution in [0.15, 0.2) is 24.3 Å². The van der Waals surface area contributed by atoms with Crippen LogP contribution in [0.25, 0.3) is 10.9 Å². The van der Waals surface area contributed by atoms with Gasteiger partial charge in [-0.25, -0.2) is 0 Å². The first-order valence-corrected chi connectivity index (χ1v) is 8.18. The summed E-state index contributed by atoms with van der Waals surface area (Å²) in [6.45, 7) is 7.22. The van der Waals surface area contributed by atoms with Gasteiger partial charge in [-0.05, 0) is 25.8 Å². The van der Waals surface area contributed by atoms with Gasteiger partial charge in [0.25, 0.3) is 0 Å². The molecule has 0 aliphatic rings. The van der Waals surface area contributed by atoms with Crippen LogP contribution in [0.3, 0.4) is 0 Å². The van der Waals surface area contributed by atoms with E-state index in [1.807, 2.05) is 16.8 Å². The molecule has 1 aromatic heterocycles. The van der Waals surface area contributed by atoms with Crippen molar-refractivity contribution in [3.05, 3.63) is 30.0 Å². The van der Waals surface area contributed by atoms with Crippen LogP contribution in [-0.2, 0) is 17.8 Å². The minimum Gasteiger partial charge on any atom is -0.299 e. The molecule has 3 nitrogen and oxygen atoms in total. The van der Waals surface area contributed by atoms with Crippen molar-refractivity contribution in [2.45, 2.75) is 59.4 Å². The number of carbonyl (C=O) groups is 1. The van der Waals surface area contributed by atoms with Crippen molar-refractivity contribution >= 4 is 16.7 Å². The molecule has 0 fully saturated rings. The largest absolute Gasteiger partial charge is 0.299 e. The molecule has 1 aromatic carbocycles. The lowest BCUT2D eigenvalue weighted by atomic mass is 9.91. The first kappa shape index (κ1) is 15.7. The van der Waals surface area contributed by atoms with Gasteiger partial charge in [0.15, 0.2) is 0 Å². The van der Waals surface area contributed by atoms with Gasteiger partial charge in [-0.3, -0.25) is 9.48 Å². The number of ketones is 1. The second kappa shape index (κ2) is 7.39. The van der Waals surface area contributed by atoms with E-state index in [1.165, 1.54) is 0 Å². The molecular formula is C18H26N2O. The number of hydrogen-bond donors (Lipinski definition) is 0. The van der Waals surface area contributed by atoms with Crippen molar-refractivity contribution < 1.29 is 4.79 Å². The quantitative estimate of drug-likeness (QED) is 0.721. The number of aromatic nitrogens is 2. The van der Waals surface area contributed by atoms with Gasteiger partial charge in [-0.15, -0.1) is 0 Å². The molecule has 114 valence electrons.